The fraction of sp³-hybridized carbons (Fsp3) is 0.125. The summed E-state index contributed by atoms with van der Waals surface area (Å²) in [4.78, 5) is 6.70. The van der Waals surface area contributed by atoms with Gasteiger partial charge in [0.05, 0.1) is 24.2 Å². The average Bonchev–Trinajstić information content (AvgIpc) is 2.51. The Bertz CT molecular complexity index is 463. The average molecular weight is 239 g/mol. The van der Waals surface area contributed by atoms with E-state index in [0.29, 0.717) is 21.8 Å². The molecule has 0 aliphatic carbocycles. The number of ether oxygens (including phenoxy) is 1. The molecule has 2 N–H and O–H groups in total. The van der Waals surface area contributed by atoms with Gasteiger partial charge in [0.15, 0.2) is 5.15 Å². The molecule has 0 fully saturated rings. The molecule has 0 amide bonds. The Hall–Kier alpha value is 0.216. The van der Waals surface area contributed by atoms with Crippen LogP contribution in [0.3, 0.4) is 0 Å². The second-order valence-electron chi connectivity index (χ2n) is 2.54. The summed E-state index contributed by atoms with van der Waals surface area (Å²) in [5, 5.41) is 10.3. The van der Waals surface area contributed by atoms with Gasteiger partial charge in [-0.05, 0) is 0 Å². The van der Waals surface area contributed by atoms with Crippen LogP contribution in [0.15, 0.2) is 12.4 Å². The molecule has 0 unspecified atom stereocenters. The molecule has 70 valence electrons. The van der Waals surface area contributed by atoms with Gasteiger partial charge in [-0.2, -0.15) is 0 Å². The van der Waals surface area contributed by atoms with Gasteiger partial charge >= 0.3 is 51.4 Å². The van der Waals surface area contributed by atoms with Crippen molar-refractivity contribution in [2.45, 2.75) is 0 Å². The van der Waals surface area contributed by atoms with Gasteiger partial charge in [-0.25, -0.2) is 4.98 Å². The Morgan fingerprint density at radius 3 is 3.00 bits per heavy atom. The molecule has 2 aromatic rings. The van der Waals surface area contributed by atoms with Crippen LogP contribution < -0.4 is 56.1 Å². The van der Waals surface area contributed by atoms with E-state index in [9.17, 15) is 5.11 Å². The maximum absolute atomic E-state index is 9.45. The van der Waals surface area contributed by atoms with Gasteiger partial charge in [-0.3, -0.25) is 0 Å². The SMILES string of the molecule is COc1cnc(Cl)c2[nH]cc(O)c12.[H-].[K+]. The van der Waals surface area contributed by atoms with E-state index >= 15 is 0 Å². The van der Waals surface area contributed by atoms with Crippen molar-refractivity contribution in [1.29, 1.82) is 0 Å². The first kappa shape index (κ1) is 12.3. The van der Waals surface area contributed by atoms with Crippen molar-refractivity contribution in [3.05, 3.63) is 17.5 Å². The summed E-state index contributed by atoms with van der Waals surface area (Å²) in [6.07, 6.45) is 2.92. The zero-order chi connectivity index (χ0) is 9.42. The Morgan fingerprint density at radius 1 is 1.64 bits per heavy atom. The molecule has 0 aliphatic rings. The van der Waals surface area contributed by atoms with Crippen molar-refractivity contribution >= 4 is 22.5 Å². The first-order chi connectivity index (χ1) is 6.24. The minimum Gasteiger partial charge on any atom is -1.00 e. The third-order valence-electron chi connectivity index (χ3n) is 1.83. The topological polar surface area (TPSA) is 58.1 Å². The summed E-state index contributed by atoms with van der Waals surface area (Å²) in [6.45, 7) is 0. The number of methoxy groups -OCH3 is 1. The quantitative estimate of drug-likeness (QED) is 0.498. The molecule has 2 rings (SSSR count). The number of nitrogens with one attached hydrogen (secondary N) is 1. The summed E-state index contributed by atoms with van der Waals surface area (Å²) in [5.74, 6) is 0.606. The smallest absolute Gasteiger partial charge is 1.00 e. The van der Waals surface area contributed by atoms with Gasteiger partial charge in [-0.1, -0.05) is 11.6 Å². The fourth-order valence-electron chi connectivity index (χ4n) is 1.22. The molecule has 0 saturated carbocycles. The zero-order valence-corrected chi connectivity index (χ0v) is 11.7. The standard InChI is InChI=1S/C8H7ClN2O2.K.H/c1-13-5-3-11-8(9)7-6(5)4(12)2-10-7;;/h2-3,10,12H,1H3;;/q;+1;-1. The predicted molar refractivity (Wildman–Crippen MR) is 50.4 cm³/mol. The molecule has 2 heterocycles. The van der Waals surface area contributed by atoms with Gasteiger partial charge in [0.1, 0.15) is 11.5 Å². The number of halogens is 1. The first-order valence-corrected chi connectivity index (χ1v) is 4.00. The second kappa shape index (κ2) is 4.83. The number of fused-ring (bicyclic) bond motifs is 1. The van der Waals surface area contributed by atoms with Crippen molar-refractivity contribution in [2.24, 2.45) is 0 Å². The molecule has 6 heteroatoms. The van der Waals surface area contributed by atoms with Crippen LogP contribution in [0.4, 0.5) is 0 Å². The Balaban J connectivity index is 0.000000980. The summed E-state index contributed by atoms with van der Waals surface area (Å²) in [7, 11) is 1.51. The largest absolute Gasteiger partial charge is 1.00 e. The second-order valence-corrected chi connectivity index (χ2v) is 2.90. The summed E-state index contributed by atoms with van der Waals surface area (Å²) >= 11 is 5.79. The maximum atomic E-state index is 9.45. The molecular weight excluding hydrogens is 231 g/mol. The predicted octanol–water partition coefficient (Wildman–Crippen LogP) is -0.953. The van der Waals surface area contributed by atoms with Crippen molar-refractivity contribution < 1.29 is 62.7 Å². The van der Waals surface area contributed by atoms with Gasteiger partial charge < -0.3 is 16.3 Å². The van der Waals surface area contributed by atoms with Crippen LogP contribution in [-0.2, 0) is 0 Å². The summed E-state index contributed by atoms with van der Waals surface area (Å²) < 4.78 is 5.02. The van der Waals surface area contributed by atoms with E-state index < -0.39 is 0 Å². The van der Waals surface area contributed by atoms with Crippen LogP contribution in [0.5, 0.6) is 11.5 Å². The van der Waals surface area contributed by atoms with Gasteiger partial charge in [0.2, 0.25) is 0 Å². The normalized spacial score (nSPS) is 9.86. The number of H-pyrrole nitrogens is 1. The number of aromatic amines is 1. The third kappa shape index (κ3) is 1.93. The Kier molecular flexibility index (Phi) is 4.24. The number of nitrogens with zero attached hydrogens (tertiary/aromatic N) is 1. The number of pyridine rings is 1. The molecule has 0 aromatic carbocycles. The maximum Gasteiger partial charge on any atom is 1.00 e. The molecule has 4 nitrogen and oxygen atoms in total. The molecule has 2 aromatic heterocycles. The van der Waals surface area contributed by atoms with Crippen LogP contribution in [0.2, 0.25) is 5.15 Å². The van der Waals surface area contributed by atoms with Crippen LogP contribution in [0.25, 0.3) is 10.9 Å². The van der Waals surface area contributed by atoms with Crippen LogP contribution in [-0.4, -0.2) is 22.2 Å². The van der Waals surface area contributed by atoms with Crippen molar-refractivity contribution in [3.63, 3.8) is 0 Å². The zero-order valence-electron chi connectivity index (χ0n) is 8.84. The van der Waals surface area contributed by atoms with Gasteiger partial charge in [-0.15, -0.1) is 0 Å². The fourth-order valence-corrected chi connectivity index (χ4v) is 1.42. The number of aromatic nitrogens is 2. The number of hydrogen-bond acceptors (Lipinski definition) is 3. The van der Waals surface area contributed by atoms with Crippen molar-refractivity contribution in [1.82, 2.24) is 9.97 Å². The number of rotatable bonds is 1. The van der Waals surface area contributed by atoms with Crippen LogP contribution >= 0.6 is 11.6 Å². The molecule has 0 radical (unpaired) electrons. The van der Waals surface area contributed by atoms with Crippen LogP contribution in [0.1, 0.15) is 1.43 Å². The number of aromatic hydroxyl groups is 1. The number of hydrogen-bond donors (Lipinski definition) is 2. The van der Waals surface area contributed by atoms with Crippen LogP contribution in [0, 0.1) is 0 Å². The molecule has 14 heavy (non-hydrogen) atoms. The van der Waals surface area contributed by atoms with E-state index in [1.807, 2.05) is 0 Å². The molecule has 0 spiro atoms. The molecule has 0 bridgehead atoms. The Labute approximate surface area is 130 Å². The van der Waals surface area contributed by atoms with E-state index in [1.54, 1.807) is 0 Å². The van der Waals surface area contributed by atoms with Gasteiger partial charge in [0, 0.05) is 6.20 Å². The minimum atomic E-state index is 0. The molecular formula is C8H8ClKN2O2. The Morgan fingerprint density at radius 2 is 2.36 bits per heavy atom. The third-order valence-corrected chi connectivity index (χ3v) is 2.11. The van der Waals surface area contributed by atoms with E-state index in [2.05, 4.69) is 9.97 Å². The van der Waals surface area contributed by atoms with E-state index in [-0.39, 0.29) is 58.6 Å². The monoisotopic (exact) mass is 238 g/mol. The van der Waals surface area contributed by atoms with E-state index in [4.69, 9.17) is 16.3 Å². The van der Waals surface area contributed by atoms with Gasteiger partial charge in [0.25, 0.3) is 0 Å². The van der Waals surface area contributed by atoms with E-state index in [1.165, 1.54) is 19.5 Å². The molecule has 0 atom stereocenters. The van der Waals surface area contributed by atoms with E-state index in [0.717, 1.165) is 0 Å². The minimum absolute atomic E-state index is 0. The first-order valence-electron chi connectivity index (χ1n) is 3.62. The molecule has 0 aliphatic heterocycles. The van der Waals surface area contributed by atoms with Crippen molar-refractivity contribution in [2.75, 3.05) is 7.11 Å². The summed E-state index contributed by atoms with van der Waals surface area (Å²) in [5.41, 5.74) is 0.582. The summed E-state index contributed by atoms with van der Waals surface area (Å²) in [6, 6.07) is 0. The van der Waals surface area contributed by atoms with Crippen molar-refractivity contribution in [3.8, 4) is 11.5 Å². The molecule has 0 saturated heterocycles.